The van der Waals surface area contributed by atoms with Crippen LogP contribution in [0.5, 0.6) is 0 Å². The average molecular weight is 331 g/mol. The molecule has 0 aromatic heterocycles. The summed E-state index contributed by atoms with van der Waals surface area (Å²) >= 11 is 0. The molecule has 0 spiro atoms. The van der Waals surface area contributed by atoms with E-state index in [4.69, 9.17) is 4.84 Å². The van der Waals surface area contributed by atoms with Crippen LogP contribution in [-0.2, 0) is 20.8 Å². The molecule has 0 saturated carbocycles. The number of hydrogen-bond acceptors (Lipinski definition) is 5. The first-order chi connectivity index (χ1) is 11.2. The van der Waals surface area contributed by atoms with Gasteiger partial charge < -0.3 is 4.84 Å². The topological polar surface area (TPSA) is 63.7 Å². The molecule has 0 radical (unpaired) electrons. The summed E-state index contributed by atoms with van der Waals surface area (Å²) in [5, 5.41) is 1.66. The highest BCUT2D eigenvalue weighted by Crippen LogP contribution is 2.36. The molecule has 1 fully saturated rings. The first kappa shape index (κ1) is 18.3. The standard InChI is InChI=1S/C19H25NO4/c1-18(2)11-16(22)12-19(3,4)20(18)24-17(23)10-9-14-7-5-6-8-15(14)13-21/h5-8,13H,9-12H2,1-4H3. The van der Waals surface area contributed by atoms with Gasteiger partial charge in [-0.25, -0.2) is 0 Å². The lowest BCUT2D eigenvalue weighted by molar-refractivity contribution is -0.261. The van der Waals surface area contributed by atoms with E-state index in [0.717, 1.165) is 11.8 Å². The number of benzene rings is 1. The smallest absolute Gasteiger partial charge is 0.325 e. The van der Waals surface area contributed by atoms with Crippen LogP contribution in [0, 0.1) is 0 Å². The number of carbonyl (C=O) groups is 3. The number of aryl methyl sites for hydroxylation is 1. The van der Waals surface area contributed by atoms with Crippen molar-refractivity contribution in [1.82, 2.24) is 5.06 Å². The zero-order valence-electron chi connectivity index (χ0n) is 14.8. The third-order valence-electron chi connectivity index (χ3n) is 4.33. The van der Waals surface area contributed by atoms with Crippen molar-refractivity contribution in [2.45, 2.75) is 64.5 Å². The first-order valence-corrected chi connectivity index (χ1v) is 8.22. The molecule has 5 nitrogen and oxygen atoms in total. The number of piperidine rings is 1. The summed E-state index contributed by atoms with van der Waals surface area (Å²) in [7, 11) is 0. The molecule has 0 unspecified atom stereocenters. The summed E-state index contributed by atoms with van der Waals surface area (Å²) in [6.45, 7) is 7.61. The SMILES string of the molecule is CC1(C)CC(=O)CC(C)(C)N1OC(=O)CCc1ccccc1C=O. The minimum atomic E-state index is -0.533. The van der Waals surface area contributed by atoms with Crippen molar-refractivity contribution in [3.63, 3.8) is 0 Å². The fraction of sp³-hybridized carbons (Fsp3) is 0.526. The van der Waals surface area contributed by atoms with Crippen LogP contribution in [0.1, 0.15) is 62.9 Å². The van der Waals surface area contributed by atoms with E-state index >= 15 is 0 Å². The largest absolute Gasteiger partial charge is 0.367 e. The van der Waals surface area contributed by atoms with E-state index in [-0.39, 0.29) is 18.2 Å². The molecule has 1 aromatic carbocycles. The van der Waals surface area contributed by atoms with Gasteiger partial charge in [-0.15, -0.1) is 5.06 Å². The summed E-state index contributed by atoms with van der Waals surface area (Å²) in [6.07, 6.45) is 2.14. The number of rotatable bonds is 5. The molecule has 130 valence electrons. The quantitative estimate of drug-likeness (QED) is 0.776. The van der Waals surface area contributed by atoms with Gasteiger partial charge in [0.15, 0.2) is 0 Å². The molecule has 1 heterocycles. The highest BCUT2D eigenvalue weighted by molar-refractivity contribution is 5.82. The van der Waals surface area contributed by atoms with Crippen molar-refractivity contribution in [2.75, 3.05) is 0 Å². The fourth-order valence-electron chi connectivity index (χ4n) is 3.50. The number of Topliss-reactive ketones (excluding diaryl/α,β-unsaturated/α-hetero) is 1. The van der Waals surface area contributed by atoms with E-state index in [1.54, 1.807) is 17.2 Å². The second-order valence-corrected chi connectivity index (χ2v) is 7.59. The van der Waals surface area contributed by atoms with E-state index < -0.39 is 11.1 Å². The van der Waals surface area contributed by atoms with E-state index in [1.807, 2.05) is 39.8 Å². The Kier molecular flexibility index (Phi) is 5.23. The Morgan fingerprint density at radius 1 is 1.17 bits per heavy atom. The van der Waals surface area contributed by atoms with E-state index in [1.165, 1.54) is 0 Å². The molecule has 0 N–H and O–H groups in total. The third-order valence-corrected chi connectivity index (χ3v) is 4.33. The predicted molar refractivity (Wildman–Crippen MR) is 90.5 cm³/mol. The number of ketones is 1. The van der Waals surface area contributed by atoms with Gasteiger partial charge >= 0.3 is 5.97 Å². The van der Waals surface area contributed by atoms with Crippen LogP contribution in [0.25, 0.3) is 0 Å². The zero-order valence-corrected chi connectivity index (χ0v) is 14.8. The van der Waals surface area contributed by atoms with Gasteiger partial charge in [-0.1, -0.05) is 24.3 Å². The summed E-state index contributed by atoms with van der Waals surface area (Å²) in [5.41, 5.74) is 0.357. The van der Waals surface area contributed by atoms with Crippen molar-refractivity contribution in [3.8, 4) is 0 Å². The van der Waals surface area contributed by atoms with Gasteiger partial charge in [0.2, 0.25) is 0 Å². The maximum absolute atomic E-state index is 12.3. The van der Waals surface area contributed by atoms with Crippen LogP contribution in [-0.4, -0.2) is 34.2 Å². The van der Waals surface area contributed by atoms with E-state index in [9.17, 15) is 14.4 Å². The molecule has 1 aromatic rings. The van der Waals surface area contributed by atoms with Crippen molar-refractivity contribution in [3.05, 3.63) is 35.4 Å². The van der Waals surface area contributed by atoms with Gasteiger partial charge in [-0.05, 0) is 39.7 Å². The molecular formula is C19H25NO4. The summed E-state index contributed by atoms with van der Waals surface area (Å²) < 4.78 is 0. The van der Waals surface area contributed by atoms with Crippen molar-refractivity contribution >= 4 is 18.0 Å². The van der Waals surface area contributed by atoms with Crippen LogP contribution < -0.4 is 0 Å². The lowest BCUT2D eigenvalue weighted by atomic mass is 9.81. The number of aldehydes is 1. The fourth-order valence-corrected chi connectivity index (χ4v) is 3.50. The average Bonchev–Trinajstić information content (AvgIpc) is 2.48. The Hall–Kier alpha value is -2.01. The van der Waals surface area contributed by atoms with Crippen LogP contribution in [0.15, 0.2) is 24.3 Å². The van der Waals surface area contributed by atoms with Gasteiger partial charge in [0.05, 0.1) is 17.5 Å². The molecule has 5 heteroatoms. The van der Waals surface area contributed by atoms with Gasteiger partial charge in [0, 0.05) is 18.4 Å². The molecule has 0 aliphatic carbocycles. The second kappa shape index (κ2) is 6.85. The third kappa shape index (κ3) is 4.09. The van der Waals surface area contributed by atoms with Crippen molar-refractivity contribution < 1.29 is 19.2 Å². The molecule has 1 aliphatic rings. The lowest BCUT2D eigenvalue weighted by Gasteiger charge is -2.49. The molecule has 0 amide bonds. The normalized spacial score (nSPS) is 19.8. The van der Waals surface area contributed by atoms with Crippen LogP contribution in [0.4, 0.5) is 0 Å². The van der Waals surface area contributed by atoms with Gasteiger partial charge in [-0.2, -0.15) is 0 Å². The van der Waals surface area contributed by atoms with E-state index in [2.05, 4.69) is 0 Å². The Morgan fingerprint density at radius 3 is 2.33 bits per heavy atom. The number of hydrogen-bond donors (Lipinski definition) is 0. The molecule has 0 bridgehead atoms. The van der Waals surface area contributed by atoms with Crippen LogP contribution in [0.2, 0.25) is 0 Å². The number of nitrogens with zero attached hydrogens (tertiary/aromatic N) is 1. The van der Waals surface area contributed by atoms with Gasteiger partial charge in [0.25, 0.3) is 0 Å². The van der Waals surface area contributed by atoms with Crippen LogP contribution >= 0.6 is 0 Å². The minimum absolute atomic E-state index is 0.178. The molecule has 0 atom stereocenters. The summed E-state index contributed by atoms with van der Waals surface area (Å²) in [4.78, 5) is 40.9. The Labute approximate surface area is 142 Å². The lowest BCUT2D eigenvalue weighted by Crippen LogP contribution is -2.61. The Morgan fingerprint density at radius 2 is 1.75 bits per heavy atom. The van der Waals surface area contributed by atoms with Gasteiger partial charge in [-0.3, -0.25) is 14.4 Å². The summed E-state index contributed by atoms with van der Waals surface area (Å²) in [6, 6.07) is 7.21. The summed E-state index contributed by atoms with van der Waals surface area (Å²) in [5.74, 6) is -0.177. The molecule has 24 heavy (non-hydrogen) atoms. The van der Waals surface area contributed by atoms with Crippen molar-refractivity contribution in [2.24, 2.45) is 0 Å². The highest BCUT2D eigenvalue weighted by atomic mass is 16.7. The zero-order chi connectivity index (χ0) is 18.0. The molecular weight excluding hydrogens is 306 g/mol. The maximum atomic E-state index is 12.3. The molecule has 1 saturated heterocycles. The van der Waals surface area contributed by atoms with E-state index in [0.29, 0.717) is 24.8 Å². The first-order valence-electron chi connectivity index (χ1n) is 8.22. The second-order valence-electron chi connectivity index (χ2n) is 7.59. The Bertz CT molecular complexity index is 629. The Balaban J connectivity index is 2.03. The predicted octanol–water partition coefficient (Wildman–Crippen LogP) is 3.11. The minimum Gasteiger partial charge on any atom is -0.367 e. The van der Waals surface area contributed by atoms with Crippen LogP contribution in [0.3, 0.4) is 0 Å². The molecule has 2 rings (SSSR count). The van der Waals surface area contributed by atoms with Crippen molar-refractivity contribution in [1.29, 1.82) is 0 Å². The van der Waals surface area contributed by atoms with Gasteiger partial charge in [0.1, 0.15) is 12.1 Å². The monoisotopic (exact) mass is 331 g/mol. The molecule has 1 aliphatic heterocycles. The highest BCUT2D eigenvalue weighted by Gasteiger charge is 2.47. The number of carbonyl (C=O) groups excluding carboxylic acids is 3. The number of hydroxylamine groups is 2. The maximum Gasteiger partial charge on any atom is 0.325 e.